The topological polar surface area (TPSA) is 104 Å². The molecule has 1 fully saturated rings. The molecule has 2 unspecified atom stereocenters. The maximum atomic E-state index is 14.0. The molecule has 2 aliphatic rings. The van der Waals surface area contributed by atoms with Gasteiger partial charge < -0.3 is 23.8 Å². The molecule has 42 heavy (non-hydrogen) atoms. The predicted octanol–water partition coefficient (Wildman–Crippen LogP) is 4.59. The molecule has 9 nitrogen and oxygen atoms in total. The summed E-state index contributed by atoms with van der Waals surface area (Å²) in [5.74, 6) is -1.40. The molecule has 0 spiro atoms. The van der Waals surface area contributed by atoms with Gasteiger partial charge in [0.05, 0.1) is 13.2 Å². The number of carbonyl (C=O) groups is 3. The fourth-order valence-corrected chi connectivity index (χ4v) is 5.32. The zero-order chi connectivity index (χ0) is 29.1. The number of hydrogen-bond acceptors (Lipinski definition) is 8. The summed E-state index contributed by atoms with van der Waals surface area (Å²) in [4.78, 5) is 46.6. The van der Waals surface area contributed by atoms with Crippen LogP contribution in [-0.4, -0.2) is 47.7 Å². The maximum absolute atomic E-state index is 14.0. The summed E-state index contributed by atoms with van der Waals surface area (Å²) in [6, 6.07) is 22.4. The average Bonchev–Trinajstić information content (AvgIpc) is 3.29. The first kappa shape index (κ1) is 27.0. The van der Waals surface area contributed by atoms with Crippen LogP contribution in [0.25, 0.3) is 0 Å². The van der Waals surface area contributed by atoms with Gasteiger partial charge in [-0.25, -0.2) is 0 Å². The first-order valence-corrected chi connectivity index (χ1v) is 13.6. The lowest BCUT2D eigenvalue weighted by molar-refractivity contribution is -0.141. The first-order valence-electron chi connectivity index (χ1n) is 13.6. The van der Waals surface area contributed by atoms with Gasteiger partial charge in [0.2, 0.25) is 5.78 Å². The number of ketones is 2. The third kappa shape index (κ3) is 5.28. The first-order chi connectivity index (χ1) is 20.5. The summed E-state index contributed by atoms with van der Waals surface area (Å²) >= 11 is 0. The van der Waals surface area contributed by atoms with Gasteiger partial charge in [-0.15, -0.1) is 0 Å². The summed E-state index contributed by atoms with van der Waals surface area (Å²) in [5, 5.41) is 0. The SMILES string of the molecule is COc1cc(C2C(C(=O)c3ccc4c(c3)OCCO4)C(=O)C(=O)N2Cc2cccnc2)ccc1OCc1ccccc1. The van der Waals surface area contributed by atoms with Crippen LogP contribution in [0.5, 0.6) is 23.0 Å². The molecule has 212 valence electrons. The largest absolute Gasteiger partial charge is 0.493 e. The van der Waals surface area contributed by atoms with Crippen LogP contribution in [0.2, 0.25) is 0 Å². The monoisotopic (exact) mass is 564 g/mol. The summed E-state index contributed by atoms with van der Waals surface area (Å²) in [7, 11) is 1.52. The highest BCUT2D eigenvalue weighted by Crippen LogP contribution is 2.43. The summed E-state index contributed by atoms with van der Waals surface area (Å²) in [5.41, 5.74) is 2.54. The summed E-state index contributed by atoms with van der Waals surface area (Å²) < 4.78 is 22.9. The molecule has 6 rings (SSSR count). The van der Waals surface area contributed by atoms with Crippen LogP contribution in [0.3, 0.4) is 0 Å². The average molecular weight is 565 g/mol. The second kappa shape index (κ2) is 11.7. The number of nitrogens with zero attached hydrogens (tertiary/aromatic N) is 2. The van der Waals surface area contributed by atoms with Crippen molar-refractivity contribution in [1.29, 1.82) is 0 Å². The lowest BCUT2D eigenvalue weighted by Crippen LogP contribution is -2.30. The van der Waals surface area contributed by atoms with Crippen molar-refractivity contribution in [3.63, 3.8) is 0 Å². The number of aromatic nitrogens is 1. The Morgan fingerprint density at radius 2 is 1.69 bits per heavy atom. The van der Waals surface area contributed by atoms with E-state index in [2.05, 4.69) is 4.98 Å². The van der Waals surface area contributed by atoms with Gasteiger partial charge >= 0.3 is 0 Å². The fraction of sp³-hybridized carbons (Fsp3) is 0.212. The molecular weight excluding hydrogens is 536 g/mol. The number of ether oxygens (including phenoxy) is 4. The van der Waals surface area contributed by atoms with Gasteiger partial charge in [0.25, 0.3) is 5.91 Å². The molecule has 1 saturated heterocycles. The Bertz CT molecular complexity index is 1620. The smallest absolute Gasteiger partial charge is 0.291 e. The van der Waals surface area contributed by atoms with E-state index < -0.39 is 29.4 Å². The van der Waals surface area contributed by atoms with E-state index in [1.165, 1.54) is 12.0 Å². The fourth-order valence-electron chi connectivity index (χ4n) is 5.32. The Balaban J connectivity index is 1.37. The quantitative estimate of drug-likeness (QED) is 0.165. The molecule has 0 bridgehead atoms. The van der Waals surface area contributed by atoms with Crippen molar-refractivity contribution in [3.05, 3.63) is 114 Å². The van der Waals surface area contributed by atoms with E-state index in [0.717, 1.165) is 11.1 Å². The molecule has 4 aromatic rings. The molecule has 0 radical (unpaired) electrons. The normalized spacial score (nSPS) is 17.7. The molecule has 0 saturated carbocycles. The third-order valence-corrected chi connectivity index (χ3v) is 7.36. The van der Waals surface area contributed by atoms with Gasteiger partial charge in [0.1, 0.15) is 25.7 Å². The highest BCUT2D eigenvalue weighted by Gasteiger charge is 2.52. The van der Waals surface area contributed by atoms with Crippen LogP contribution in [0.4, 0.5) is 0 Å². The Hall–Kier alpha value is -5.18. The van der Waals surface area contributed by atoms with Crippen LogP contribution in [-0.2, 0) is 22.7 Å². The Labute approximate surface area is 242 Å². The van der Waals surface area contributed by atoms with Crippen molar-refractivity contribution >= 4 is 17.5 Å². The number of amides is 1. The van der Waals surface area contributed by atoms with E-state index in [1.807, 2.05) is 36.4 Å². The molecule has 9 heteroatoms. The highest BCUT2D eigenvalue weighted by molar-refractivity contribution is 6.44. The van der Waals surface area contributed by atoms with Gasteiger partial charge in [-0.05, 0) is 53.1 Å². The lowest BCUT2D eigenvalue weighted by Gasteiger charge is -2.28. The highest BCUT2D eigenvalue weighted by atomic mass is 16.6. The molecular formula is C33H28N2O7. The van der Waals surface area contributed by atoms with Crippen molar-refractivity contribution in [1.82, 2.24) is 9.88 Å². The molecule has 3 heterocycles. The zero-order valence-electron chi connectivity index (χ0n) is 22.9. The van der Waals surface area contributed by atoms with Crippen LogP contribution in [0, 0.1) is 5.92 Å². The van der Waals surface area contributed by atoms with Gasteiger partial charge in [-0.2, -0.15) is 0 Å². The maximum Gasteiger partial charge on any atom is 0.291 e. The summed E-state index contributed by atoms with van der Waals surface area (Å²) in [6.45, 7) is 1.19. The van der Waals surface area contributed by atoms with Crippen LogP contribution < -0.4 is 18.9 Å². The van der Waals surface area contributed by atoms with E-state index in [1.54, 1.807) is 54.9 Å². The molecule has 1 amide bonds. The van der Waals surface area contributed by atoms with Gasteiger partial charge in [0, 0.05) is 24.5 Å². The third-order valence-electron chi connectivity index (χ3n) is 7.36. The number of benzene rings is 3. The van der Waals surface area contributed by atoms with Gasteiger partial charge in [0.15, 0.2) is 28.8 Å². The van der Waals surface area contributed by atoms with Crippen molar-refractivity contribution in [3.8, 4) is 23.0 Å². The Kier molecular flexibility index (Phi) is 7.55. The number of likely N-dealkylation sites (tertiary alicyclic amines) is 1. The van der Waals surface area contributed by atoms with E-state index in [9.17, 15) is 14.4 Å². The zero-order valence-corrected chi connectivity index (χ0v) is 22.9. The molecule has 2 aliphatic heterocycles. The number of Topliss-reactive ketones (excluding diaryl/α,β-unsaturated/α-hetero) is 2. The number of rotatable bonds is 9. The van der Waals surface area contributed by atoms with Crippen LogP contribution in [0.1, 0.15) is 33.1 Å². The molecule has 2 atom stereocenters. The Morgan fingerprint density at radius 3 is 2.45 bits per heavy atom. The van der Waals surface area contributed by atoms with Crippen molar-refractivity contribution in [2.75, 3.05) is 20.3 Å². The van der Waals surface area contributed by atoms with Gasteiger partial charge in [-0.3, -0.25) is 19.4 Å². The standard InChI is InChI=1S/C33H28N2O7/c1-39-27-16-23(9-11-25(27)42-20-21-6-3-2-4-7-21)30-29(31(36)24-10-12-26-28(17-24)41-15-14-40-26)32(37)33(38)35(30)19-22-8-5-13-34-18-22/h2-13,16-18,29-30H,14-15,19-20H2,1H3. The minimum Gasteiger partial charge on any atom is -0.493 e. The van der Waals surface area contributed by atoms with Crippen LogP contribution >= 0.6 is 0 Å². The van der Waals surface area contributed by atoms with Crippen molar-refractivity contribution in [2.24, 2.45) is 5.92 Å². The lowest BCUT2D eigenvalue weighted by atomic mass is 9.86. The molecule has 0 aliphatic carbocycles. The number of pyridine rings is 1. The minimum absolute atomic E-state index is 0.0998. The number of hydrogen-bond donors (Lipinski definition) is 0. The van der Waals surface area contributed by atoms with E-state index in [0.29, 0.717) is 48.4 Å². The van der Waals surface area contributed by atoms with Crippen LogP contribution in [0.15, 0.2) is 91.3 Å². The minimum atomic E-state index is -1.28. The predicted molar refractivity (Wildman–Crippen MR) is 152 cm³/mol. The number of fused-ring (bicyclic) bond motifs is 1. The van der Waals surface area contributed by atoms with Crippen molar-refractivity contribution in [2.45, 2.75) is 19.2 Å². The van der Waals surface area contributed by atoms with E-state index in [-0.39, 0.29) is 12.1 Å². The molecule has 0 N–H and O–H groups in total. The van der Waals surface area contributed by atoms with Crippen molar-refractivity contribution < 1.29 is 33.3 Å². The summed E-state index contributed by atoms with van der Waals surface area (Å²) in [6.07, 6.45) is 3.26. The molecule has 1 aromatic heterocycles. The number of carbonyl (C=O) groups excluding carboxylic acids is 3. The van der Waals surface area contributed by atoms with E-state index in [4.69, 9.17) is 18.9 Å². The Morgan fingerprint density at radius 1 is 0.905 bits per heavy atom. The van der Waals surface area contributed by atoms with Gasteiger partial charge in [-0.1, -0.05) is 42.5 Å². The second-order valence-corrected chi connectivity index (χ2v) is 9.99. The molecule has 3 aromatic carbocycles. The second-order valence-electron chi connectivity index (χ2n) is 9.99. The number of methoxy groups -OCH3 is 1. The van der Waals surface area contributed by atoms with E-state index >= 15 is 0 Å².